The van der Waals surface area contributed by atoms with Crippen molar-refractivity contribution in [2.24, 2.45) is 0 Å². The van der Waals surface area contributed by atoms with Gasteiger partial charge in [0.2, 0.25) is 0 Å². The lowest BCUT2D eigenvalue weighted by molar-refractivity contribution is 0.660. The maximum atomic E-state index is 6.01. The molecule has 0 amide bonds. The van der Waals surface area contributed by atoms with Crippen LogP contribution in [0.2, 0.25) is 0 Å². The number of para-hydroxylation sites is 6. The van der Waals surface area contributed by atoms with Crippen LogP contribution in [0.4, 0.5) is 0 Å². The first kappa shape index (κ1) is 81.6. The summed E-state index contributed by atoms with van der Waals surface area (Å²) >= 11 is 0. The van der Waals surface area contributed by atoms with Crippen molar-refractivity contribution in [3.63, 3.8) is 0 Å². The van der Waals surface area contributed by atoms with Crippen molar-refractivity contribution in [3.8, 4) is 124 Å². The third-order valence-corrected chi connectivity index (χ3v) is 33.2. The second-order valence-corrected chi connectivity index (χ2v) is 41.9. The van der Waals surface area contributed by atoms with Crippen LogP contribution >= 0.6 is 0 Å². The monoisotopic (exact) mass is 1850 g/mol. The maximum absolute atomic E-state index is 6.01. The van der Waals surface area contributed by atoms with Crippen LogP contribution < -0.4 is 0 Å². The molecule has 680 valence electrons. The Balaban J connectivity index is 0.567. The Labute approximate surface area is 836 Å². The predicted octanol–water partition coefficient (Wildman–Crippen LogP) is 35.5. The summed E-state index contributed by atoms with van der Waals surface area (Å²) < 4.78 is 14.9. The molecule has 7 aromatic heterocycles. The van der Waals surface area contributed by atoms with Gasteiger partial charge in [0.15, 0.2) is 5.82 Å². The molecular weight excluding hydrogens is 1760 g/mol. The average molecular weight is 1850 g/mol. The van der Waals surface area contributed by atoms with Gasteiger partial charge in [0, 0.05) is 132 Å². The van der Waals surface area contributed by atoms with E-state index in [0.717, 1.165) is 128 Å². The summed E-state index contributed by atoms with van der Waals surface area (Å²) in [7, 11) is 0. The second-order valence-electron chi connectivity index (χ2n) is 41.9. The largest absolute Gasteiger partial charge is 0.309 e. The van der Waals surface area contributed by atoms with E-state index in [-0.39, 0.29) is 16.2 Å². The van der Waals surface area contributed by atoms with Crippen molar-refractivity contribution >= 4 is 142 Å². The van der Waals surface area contributed by atoms with E-state index in [1.54, 1.807) is 0 Å². The van der Waals surface area contributed by atoms with Crippen LogP contribution in [0.3, 0.4) is 0 Å². The number of nitrogens with zero attached hydrogens (tertiary/aromatic N) is 8. The maximum Gasteiger partial charge on any atom is 0.160 e. The van der Waals surface area contributed by atoms with Gasteiger partial charge in [0.05, 0.1) is 77.4 Å². The summed E-state index contributed by atoms with van der Waals surface area (Å²) in [5.41, 5.74) is 46.1. The number of benzene rings is 21. The van der Waals surface area contributed by atoms with Crippen molar-refractivity contribution in [2.45, 2.75) is 57.8 Å². The minimum absolute atomic E-state index is 0.151. The van der Waals surface area contributed by atoms with Crippen LogP contribution in [0.25, 0.3) is 265 Å². The summed E-state index contributed by atoms with van der Waals surface area (Å²) in [6.07, 6.45) is 0. The van der Waals surface area contributed by atoms with Crippen LogP contribution in [0.1, 0.15) is 74.9 Å². The normalized spacial score (nSPS) is 13.8. The fraction of sp³-hybridized carbons (Fsp3) is 0.0657. The first-order valence-electron chi connectivity index (χ1n) is 50.6. The van der Waals surface area contributed by atoms with Gasteiger partial charge in [-0.1, -0.05) is 339 Å². The summed E-state index contributed by atoms with van der Waals surface area (Å²) in [6.45, 7) is 14.2. The van der Waals surface area contributed by atoms with Gasteiger partial charge in [-0.3, -0.25) is 0 Å². The van der Waals surface area contributed by atoms with E-state index < -0.39 is 0 Å². The lowest BCUT2D eigenvalue weighted by atomic mass is 9.82. The van der Waals surface area contributed by atoms with E-state index in [9.17, 15) is 0 Å². The zero-order valence-electron chi connectivity index (χ0n) is 80.8. The van der Waals surface area contributed by atoms with Crippen LogP contribution in [-0.2, 0) is 16.2 Å². The molecule has 0 spiro atoms. The topological polar surface area (TPSA) is 55.4 Å². The Bertz CT molecular complexity index is 10600. The average Bonchev–Trinajstić information content (AvgIpc) is 1.60. The molecular formula is C137H92N8. The third kappa shape index (κ3) is 11.6. The Morgan fingerprint density at radius 3 is 0.703 bits per heavy atom. The minimum Gasteiger partial charge on any atom is -0.309 e. The summed E-state index contributed by atoms with van der Waals surface area (Å²) in [5.74, 6) is 0.621. The first-order chi connectivity index (χ1) is 71.1. The molecule has 7 heterocycles. The van der Waals surface area contributed by atoms with Crippen molar-refractivity contribution in [3.05, 3.63) is 482 Å². The molecule has 0 saturated carbocycles. The Morgan fingerprint density at radius 2 is 0.393 bits per heavy atom. The van der Waals surface area contributed by atoms with Crippen LogP contribution in [0, 0.1) is 0 Å². The van der Waals surface area contributed by atoms with Gasteiger partial charge in [-0.15, -0.1) is 0 Å². The third-order valence-electron chi connectivity index (χ3n) is 33.2. The number of fused-ring (bicyclic) bond motifs is 28. The van der Waals surface area contributed by atoms with Crippen LogP contribution in [-0.4, -0.2) is 37.4 Å². The van der Waals surface area contributed by atoms with Gasteiger partial charge < -0.3 is 27.4 Å². The predicted molar refractivity (Wildman–Crippen MR) is 605 cm³/mol. The molecule has 145 heavy (non-hydrogen) atoms. The number of hydrogen-bond acceptors (Lipinski definition) is 2. The van der Waals surface area contributed by atoms with Gasteiger partial charge >= 0.3 is 0 Å². The lowest BCUT2D eigenvalue weighted by Crippen LogP contribution is -2.15. The molecule has 0 fully saturated rings. The molecule has 0 aliphatic heterocycles. The molecule has 3 aliphatic carbocycles. The van der Waals surface area contributed by atoms with Crippen LogP contribution in [0.5, 0.6) is 0 Å². The zero-order valence-corrected chi connectivity index (χ0v) is 80.8. The Kier molecular flexibility index (Phi) is 16.8. The molecule has 0 unspecified atom stereocenters. The quantitative estimate of drug-likeness (QED) is 0.130. The Hall–Kier alpha value is -18.2. The van der Waals surface area contributed by atoms with Gasteiger partial charge in [-0.2, -0.15) is 0 Å². The van der Waals surface area contributed by atoms with E-state index in [4.69, 9.17) is 9.97 Å². The number of aromatic nitrogens is 8. The van der Waals surface area contributed by atoms with E-state index in [1.807, 2.05) is 0 Å². The van der Waals surface area contributed by atoms with Crippen LogP contribution in [0.15, 0.2) is 449 Å². The highest BCUT2D eigenvalue weighted by Gasteiger charge is 2.40. The second kappa shape index (κ2) is 29.9. The van der Waals surface area contributed by atoms with Crippen molar-refractivity contribution < 1.29 is 0 Å². The molecule has 8 nitrogen and oxygen atoms in total. The summed E-state index contributed by atoms with van der Waals surface area (Å²) in [4.78, 5) is 11.8. The van der Waals surface area contributed by atoms with Crippen molar-refractivity contribution in [2.75, 3.05) is 0 Å². The highest BCUT2D eigenvalue weighted by atomic mass is 15.0. The van der Waals surface area contributed by atoms with E-state index in [1.165, 1.54) is 164 Å². The van der Waals surface area contributed by atoms with Crippen molar-refractivity contribution in [1.29, 1.82) is 0 Å². The zero-order chi connectivity index (χ0) is 95.9. The molecule has 0 saturated heterocycles. The smallest absolute Gasteiger partial charge is 0.160 e. The van der Waals surface area contributed by atoms with Crippen molar-refractivity contribution in [1.82, 2.24) is 37.4 Å². The van der Waals surface area contributed by atoms with Gasteiger partial charge in [0.1, 0.15) is 0 Å². The molecule has 0 atom stereocenters. The van der Waals surface area contributed by atoms with Gasteiger partial charge in [0.25, 0.3) is 0 Å². The standard InChI is InChI=1S/C137H92N8/c1-135(2)114-40-16-7-31-95(114)98-65-55-92(78-117(98)135)143-124-46-22-13-37-104(124)110-62-52-84(74-130(110)143)81-49-59-107-101-34-10-19-43-121(101)140(127(107)71-81)89-29-25-27-87(69-89)133-113-77-91(142-123-45-21-12-36-103(123)109-61-51-83(73-129(109)142)86-54-64-112-106-39-15-24-48-126(106)145(132(112)76-86)94-57-67-100-97-33-9-18-42-116(97)137(5,6)119(100)80-94)58-68-120(113)138-134(139-133)88-28-26-30-90(70-88)141-122-44-20-11-35-102(122)108-60-50-82(72-128(108)141)85-53-63-111-105-38-14-23-47-125(105)144(131(111)75-85)93-56-66-99-96-32-8-17-41-115(96)136(3,4)118(99)79-93/h7-80H,1-6H3. The number of hydrogen-bond donors (Lipinski definition) is 0. The lowest BCUT2D eigenvalue weighted by Gasteiger charge is -2.22. The minimum atomic E-state index is -0.157. The van der Waals surface area contributed by atoms with E-state index in [2.05, 4.69) is 518 Å². The summed E-state index contributed by atoms with van der Waals surface area (Å²) in [5, 5.41) is 15.3. The SMILES string of the molecule is CC1(C)c2ccccc2-c2ccc(-n3c4ccccc4c4ccc(-c5ccc6c7ccccc7n(-c7cccc(-c8nc(-c9cccc(-n%10c%11ccccc%11c%11ccc(-c%12ccc%13c%14ccccc%14n(-c%14ccc%15c(c%14)C(C)(C)c%14ccccc%14-%15)c%13c%12)cc%11%10)c9)c9cc(-n%10c%11ccccc%11c%11ccc(-c%12ccc%13c%14ccccc%14n(-c%14ccc%15c(c%14)C(C)(C)c%14ccccc%14-%15)c%13c%12)cc%11%10)ccc9n8)c7)c6c5)cc43)cc21. The molecule has 3 aliphatic rings. The summed E-state index contributed by atoms with van der Waals surface area (Å²) in [6, 6.07) is 169. The molecule has 28 aromatic rings. The molecule has 0 N–H and O–H groups in total. The van der Waals surface area contributed by atoms with E-state index >= 15 is 0 Å². The van der Waals surface area contributed by atoms with Gasteiger partial charge in [-0.05, 0) is 252 Å². The first-order valence-corrected chi connectivity index (χ1v) is 50.6. The fourth-order valence-electron chi connectivity index (χ4n) is 26.2. The highest BCUT2D eigenvalue weighted by molar-refractivity contribution is 6.18. The van der Waals surface area contributed by atoms with E-state index in [0.29, 0.717) is 5.82 Å². The molecule has 31 rings (SSSR count). The molecule has 8 heteroatoms. The Morgan fingerprint density at radius 1 is 0.152 bits per heavy atom. The fourth-order valence-corrected chi connectivity index (χ4v) is 26.2. The molecule has 0 radical (unpaired) electrons. The highest BCUT2D eigenvalue weighted by Crippen LogP contribution is 2.55. The molecule has 21 aromatic carbocycles. The van der Waals surface area contributed by atoms with Gasteiger partial charge in [-0.25, -0.2) is 9.97 Å². The molecule has 0 bridgehead atoms. The number of rotatable bonds is 11.